The molecular weight excluding hydrogens is 252 g/mol. The highest BCUT2D eigenvalue weighted by atomic mass is 16.3. The Bertz CT molecular complexity index is 570. The van der Waals surface area contributed by atoms with Crippen molar-refractivity contribution in [2.75, 3.05) is 6.61 Å². The second kappa shape index (κ2) is 6.82. The zero-order chi connectivity index (χ0) is 14.4. The van der Waals surface area contributed by atoms with Crippen LogP contribution in [-0.2, 0) is 6.42 Å². The number of aliphatic hydroxyl groups is 1. The van der Waals surface area contributed by atoms with E-state index in [-0.39, 0.29) is 18.6 Å². The van der Waals surface area contributed by atoms with Gasteiger partial charge in [0.25, 0.3) is 5.91 Å². The van der Waals surface area contributed by atoms with Gasteiger partial charge in [-0.15, -0.1) is 0 Å². The summed E-state index contributed by atoms with van der Waals surface area (Å²) >= 11 is 0. The predicted octanol–water partition coefficient (Wildman–Crippen LogP) is 1.72. The largest absolute Gasteiger partial charge is 0.394 e. The van der Waals surface area contributed by atoms with Crippen molar-refractivity contribution in [3.05, 3.63) is 65.5 Å². The van der Waals surface area contributed by atoms with Crippen LogP contribution in [0.2, 0.25) is 0 Å². The number of hydrogen-bond donors (Lipinski definition) is 2. The fourth-order valence-electron chi connectivity index (χ4n) is 2.04. The third-order valence-corrected chi connectivity index (χ3v) is 3.11. The zero-order valence-electron chi connectivity index (χ0n) is 11.4. The third-order valence-electron chi connectivity index (χ3n) is 3.11. The van der Waals surface area contributed by atoms with E-state index in [1.54, 1.807) is 12.3 Å². The minimum atomic E-state index is -0.314. The number of nitrogens with one attached hydrogen (secondary N) is 1. The average Bonchev–Trinajstić information content (AvgIpc) is 2.48. The monoisotopic (exact) mass is 270 g/mol. The quantitative estimate of drug-likeness (QED) is 0.869. The van der Waals surface area contributed by atoms with E-state index < -0.39 is 0 Å². The lowest BCUT2D eigenvalue weighted by molar-refractivity contribution is 0.0911. The lowest BCUT2D eigenvalue weighted by atomic mass is 10.1. The number of carbonyl (C=O) groups is 1. The maximum Gasteiger partial charge on any atom is 0.270 e. The Labute approximate surface area is 118 Å². The molecular formula is C16H18N2O2. The lowest BCUT2D eigenvalue weighted by Gasteiger charge is -2.16. The van der Waals surface area contributed by atoms with Gasteiger partial charge < -0.3 is 10.4 Å². The van der Waals surface area contributed by atoms with Crippen molar-refractivity contribution >= 4 is 5.91 Å². The van der Waals surface area contributed by atoms with Gasteiger partial charge in [-0.25, -0.2) is 0 Å². The van der Waals surface area contributed by atoms with Gasteiger partial charge in [-0.2, -0.15) is 0 Å². The van der Waals surface area contributed by atoms with Crippen molar-refractivity contribution in [1.29, 1.82) is 0 Å². The van der Waals surface area contributed by atoms with Gasteiger partial charge in [-0.05, 0) is 30.5 Å². The third kappa shape index (κ3) is 3.65. The van der Waals surface area contributed by atoms with E-state index in [1.165, 1.54) is 0 Å². The number of benzene rings is 1. The van der Waals surface area contributed by atoms with Crippen molar-refractivity contribution in [3.63, 3.8) is 0 Å². The number of nitrogens with zero attached hydrogens (tertiary/aromatic N) is 1. The second-order valence-electron chi connectivity index (χ2n) is 4.71. The molecule has 104 valence electrons. The Balaban J connectivity index is 2.03. The highest BCUT2D eigenvalue weighted by molar-refractivity contribution is 5.93. The van der Waals surface area contributed by atoms with Crippen molar-refractivity contribution in [2.45, 2.75) is 19.4 Å². The van der Waals surface area contributed by atoms with Gasteiger partial charge in [-0.1, -0.05) is 36.4 Å². The number of amides is 1. The number of hydrogen-bond acceptors (Lipinski definition) is 3. The molecule has 1 aromatic carbocycles. The number of carbonyl (C=O) groups excluding carboxylic acids is 1. The standard InChI is InChI=1S/C16H18N2O2/c1-12-6-5-9-17-15(12)16(20)18-14(11-19)10-13-7-3-2-4-8-13/h2-9,14,19H,10-11H2,1H3,(H,18,20)/t14-/m1/s1. The molecule has 2 N–H and O–H groups in total. The van der Waals surface area contributed by atoms with Crippen LogP contribution in [-0.4, -0.2) is 28.6 Å². The molecule has 0 unspecified atom stereocenters. The molecule has 0 aliphatic carbocycles. The summed E-state index contributed by atoms with van der Waals surface area (Å²) in [5.41, 5.74) is 2.30. The molecule has 1 amide bonds. The molecule has 20 heavy (non-hydrogen) atoms. The van der Waals surface area contributed by atoms with Crippen LogP contribution < -0.4 is 5.32 Å². The Hall–Kier alpha value is -2.20. The highest BCUT2D eigenvalue weighted by Crippen LogP contribution is 2.06. The fraction of sp³-hybridized carbons (Fsp3) is 0.250. The maximum absolute atomic E-state index is 12.1. The number of aliphatic hydroxyl groups excluding tert-OH is 1. The van der Waals surface area contributed by atoms with Crippen LogP contribution in [0.5, 0.6) is 0 Å². The first-order valence-corrected chi connectivity index (χ1v) is 6.58. The Morgan fingerprint density at radius 3 is 2.65 bits per heavy atom. The fourth-order valence-corrected chi connectivity index (χ4v) is 2.04. The Kier molecular flexibility index (Phi) is 4.85. The molecule has 0 radical (unpaired) electrons. The molecule has 0 saturated carbocycles. The van der Waals surface area contributed by atoms with Crippen molar-refractivity contribution < 1.29 is 9.90 Å². The van der Waals surface area contributed by atoms with Crippen LogP contribution >= 0.6 is 0 Å². The molecule has 4 heteroatoms. The zero-order valence-corrected chi connectivity index (χ0v) is 11.4. The summed E-state index contributed by atoms with van der Waals surface area (Å²) in [7, 11) is 0. The van der Waals surface area contributed by atoms with Gasteiger partial charge in [0.2, 0.25) is 0 Å². The van der Waals surface area contributed by atoms with Crippen LogP contribution in [0.25, 0.3) is 0 Å². The van der Waals surface area contributed by atoms with Gasteiger partial charge in [0.05, 0.1) is 12.6 Å². The van der Waals surface area contributed by atoms with Gasteiger partial charge in [0, 0.05) is 6.20 Å². The summed E-state index contributed by atoms with van der Waals surface area (Å²) in [6, 6.07) is 13.1. The average molecular weight is 270 g/mol. The molecule has 0 fully saturated rings. The molecule has 1 aromatic heterocycles. The first kappa shape index (κ1) is 14.2. The summed E-state index contributed by atoms with van der Waals surface area (Å²) in [6.07, 6.45) is 2.18. The maximum atomic E-state index is 12.1. The normalized spacial score (nSPS) is 11.9. The second-order valence-corrected chi connectivity index (χ2v) is 4.71. The molecule has 4 nitrogen and oxygen atoms in total. The topological polar surface area (TPSA) is 62.2 Å². The van der Waals surface area contributed by atoms with E-state index in [0.717, 1.165) is 11.1 Å². The van der Waals surface area contributed by atoms with E-state index in [0.29, 0.717) is 12.1 Å². The Morgan fingerprint density at radius 1 is 1.25 bits per heavy atom. The molecule has 0 saturated heterocycles. The minimum absolute atomic E-state index is 0.105. The molecule has 2 rings (SSSR count). The highest BCUT2D eigenvalue weighted by Gasteiger charge is 2.15. The van der Waals surface area contributed by atoms with E-state index in [4.69, 9.17) is 0 Å². The summed E-state index contributed by atoms with van der Waals surface area (Å²) in [4.78, 5) is 16.2. The van der Waals surface area contributed by atoms with Crippen LogP contribution in [0.1, 0.15) is 21.6 Å². The molecule has 0 aliphatic heterocycles. The van der Waals surface area contributed by atoms with Crippen LogP contribution in [0.15, 0.2) is 48.7 Å². The SMILES string of the molecule is Cc1cccnc1C(=O)N[C@@H](CO)Cc1ccccc1. The minimum Gasteiger partial charge on any atom is -0.394 e. The lowest BCUT2D eigenvalue weighted by Crippen LogP contribution is -2.39. The first-order chi connectivity index (χ1) is 9.70. The first-order valence-electron chi connectivity index (χ1n) is 6.58. The van der Waals surface area contributed by atoms with E-state index in [2.05, 4.69) is 10.3 Å². The summed E-state index contributed by atoms with van der Waals surface area (Å²) in [6.45, 7) is 1.74. The van der Waals surface area contributed by atoms with E-state index >= 15 is 0 Å². The molecule has 0 spiro atoms. The van der Waals surface area contributed by atoms with Crippen LogP contribution in [0.3, 0.4) is 0 Å². The summed E-state index contributed by atoms with van der Waals surface area (Å²) in [5.74, 6) is -0.252. The van der Waals surface area contributed by atoms with Crippen LogP contribution in [0.4, 0.5) is 0 Å². The number of aryl methyl sites for hydroxylation is 1. The van der Waals surface area contributed by atoms with Crippen molar-refractivity contribution in [1.82, 2.24) is 10.3 Å². The van der Waals surface area contributed by atoms with E-state index in [1.807, 2.05) is 43.3 Å². The molecule has 1 heterocycles. The van der Waals surface area contributed by atoms with Gasteiger partial charge in [0.15, 0.2) is 0 Å². The van der Waals surface area contributed by atoms with Crippen molar-refractivity contribution in [3.8, 4) is 0 Å². The van der Waals surface area contributed by atoms with Gasteiger partial charge in [-0.3, -0.25) is 9.78 Å². The molecule has 2 aromatic rings. The summed E-state index contributed by atoms with van der Waals surface area (Å²) in [5, 5.41) is 12.2. The molecule has 1 atom stereocenters. The number of rotatable bonds is 5. The molecule has 0 aliphatic rings. The van der Waals surface area contributed by atoms with Crippen LogP contribution in [0, 0.1) is 6.92 Å². The number of pyridine rings is 1. The van der Waals surface area contributed by atoms with Gasteiger partial charge >= 0.3 is 0 Å². The summed E-state index contributed by atoms with van der Waals surface area (Å²) < 4.78 is 0. The van der Waals surface area contributed by atoms with Gasteiger partial charge in [0.1, 0.15) is 5.69 Å². The Morgan fingerprint density at radius 2 is 2.00 bits per heavy atom. The van der Waals surface area contributed by atoms with E-state index in [9.17, 15) is 9.90 Å². The predicted molar refractivity (Wildman–Crippen MR) is 77.5 cm³/mol. The molecule has 0 bridgehead atoms. The number of aromatic nitrogens is 1. The van der Waals surface area contributed by atoms with Crippen molar-refractivity contribution in [2.24, 2.45) is 0 Å². The smallest absolute Gasteiger partial charge is 0.270 e.